The molecule has 1 aliphatic rings. The van der Waals surface area contributed by atoms with Crippen LogP contribution >= 0.6 is 0 Å². The van der Waals surface area contributed by atoms with E-state index in [-0.39, 0.29) is 0 Å². The second-order valence-corrected chi connectivity index (χ2v) is 5.20. The van der Waals surface area contributed by atoms with Crippen molar-refractivity contribution in [3.63, 3.8) is 0 Å². The number of anilines is 1. The summed E-state index contributed by atoms with van der Waals surface area (Å²) in [6.45, 7) is 2.59. The van der Waals surface area contributed by atoms with Crippen molar-refractivity contribution in [2.75, 3.05) is 31.7 Å². The summed E-state index contributed by atoms with van der Waals surface area (Å²) in [4.78, 5) is 18.7. The fraction of sp³-hybridized carbons (Fsp3) is 0.467. The second kappa shape index (κ2) is 7.02. The second-order valence-electron chi connectivity index (χ2n) is 5.20. The van der Waals surface area contributed by atoms with E-state index in [0.29, 0.717) is 24.3 Å². The predicted octanol–water partition coefficient (Wildman–Crippen LogP) is 1.57. The van der Waals surface area contributed by atoms with Crippen LogP contribution in [0.15, 0.2) is 31.0 Å². The Morgan fingerprint density at radius 3 is 2.73 bits per heavy atom. The summed E-state index contributed by atoms with van der Waals surface area (Å²) in [6.07, 6.45) is 8.58. The van der Waals surface area contributed by atoms with Crippen molar-refractivity contribution in [3.05, 3.63) is 31.0 Å². The van der Waals surface area contributed by atoms with E-state index < -0.39 is 0 Å². The first-order valence-corrected chi connectivity index (χ1v) is 7.35. The van der Waals surface area contributed by atoms with E-state index in [0.717, 1.165) is 31.7 Å². The van der Waals surface area contributed by atoms with Crippen LogP contribution in [0.5, 0.6) is 11.8 Å². The van der Waals surface area contributed by atoms with Gasteiger partial charge in [0.25, 0.3) is 0 Å². The molecule has 3 rings (SSSR count). The number of rotatable bonds is 5. The molecule has 0 aliphatic carbocycles. The molecule has 1 fully saturated rings. The number of hydrogen-bond acceptors (Lipinski definition) is 7. The molecule has 7 nitrogen and oxygen atoms in total. The maximum atomic E-state index is 5.69. The molecule has 2 aromatic rings. The average molecular weight is 301 g/mol. The standard InChI is InChI=1S/C15H19N5O2/c1-21-14-8-13(18-11-19-14)20-6-2-12(3-7-20)10-22-15-9-16-4-5-17-15/h4-5,8-9,11-12H,2-3,6-7,10H2,1H3. The van der Waals surface area contributed by atoms with Crippen molar-refractivity contribution in [3.8, 4) is 11.8 Å². The highest BCUT2D eigenvalue weighted by molar-refractivity contribution is 5.41. The molecule has 22 heavy (non-hydrogen) atoms. The van der Waals surface area contributed by atoms with Gasteiger partial charge in [-0.3, -0.25) is 4.98 Å². The third kappa shape index (κ3) is 3.60. The van der Waals surface area contributed by atoms with Crippen LogP contribution < -0.4 is 14.4 Å². The summed E-state index contributed by atoms with van der Waals surface area (Å²) in [5.41, 5.74) is 0. The molecule has 0 amide bonds. The summed E-state index contributed by atoms with van der Waals surface area (Å²) >= 11 is 0. The molecule has 7 heteroatoms. The molecule has 0 N–H and O–H groups in total. The minimum atomic E-state index is 0.530. The molecule has 0 radical (unpaired) electrons. The zero-order chi connectivity index (χ0) is 15.2. The number of ether oxygens (including phenoxy) is 2. The maximum Gasteiger partial charge on any atom is 0.232 e. The van der Waals surface area contributed by atoms with Crippen molar-refractivity contribution in [1.82, 2.24) is 19.9 Å². The van der Waals surface area contributed by atoms with Crippen LogP contribution in [-0.4, -0.2) is 46.7 Å². The summed E-state index contributed by atoms with van der Waals surface area (Å²) in [6, 6.07) is 1.87. The number of nitrogens with zero attached hydrogens (tertiary/aromatic N) is 5. The first kappa shape index (κ1) is 14.5. The molecular formula is C15H19N5O2. The number of aromatic nitrogens is 4. The molecule has 0 unspecified atom stereocenters. The molecular weight excluding hydrogens is 282 g/mol. The largest absolute Gasteiger partial charge is 0.481 e. The maximum absolute atomic E-state index is 5.69. The van der Waals surface area contributed by atoms with Gasteiger partial charge < -0.3 is 14.4 Å². The molecule has 116 valence electrons. The van der Waals surface area contributed by atoms with Crippen molar-refractivity contribution in [2.45, 2.75) is 12.8 Å². The normalized spacial score (nSPS) is 15.6. The van der Waals surface area contributed by atoms with E-state index in [1.54, 1.807) is 25.7 Å². The summed E-state index contributed by atoms with van der Waals surface area (Å²) < 4.78 is 10.8. The highest BCUT2D eigenvalue weighted by Gasteiger charge is 2.21. The van der Waals surface area contributed by atoms with Crippen LogP contribution in [-0.2, 0) is 0 Å². The lowest BCUT2D eigenvalue weighted by molar-refractivity contribution is 0.215. The van der Waals surface area contributed by atoms with E-state index in [4.69, 9.17) is 9.47 Å². The van der Waals surface area contributed by atoms with Gasteiger partial charge in [-0.15, -0.1) is 0 Å². The smallest absolute Gasteiger partial charge is 0.232 e. The van der Waals surface area contributed by atoms with Crippen molar-refractivity contribution >= 4 is 5.82 Å². The fourth-order valence-corrected chi connectivity index (χ4v) is 2.51. The van der Waals surface area contributed by atoms with Gasteiger partial charge in [0.1, 0.15) is 12.1 Å². The molecule has 3 heterocycles. The van der Waals surface area contributed by atoms with Crippen LogP contribution in [0.2, 0.25) is 0 Å². The Morgan fingerprint density at radius 2 is 2.00 bits per heavy atom. The van der Waals surface area contributed by atoms with Gasteiger partial charge in [0.2, 0.25) is 11.8 Å². The monoisotopic (exact) mass is 301 g/mol. The Kier molecular flexibility index (Phi) is 4.62. The van der Waals surface area contributed by atoms with E-state index in [1.807, 2.05) is 6.07 Å². The van der Waals surface area contributed by atoms with Gasteiger partial charge in [-0.2, -0.15) is 0 Å². The van der Waals surface area contributed by atoms with E-state index >= 15 is 0 Å². The Labute approximate surface area is 129 Å². The SMILES string of the molecule is COc1cc(N2CCC(COc3cnccn3)CC2)ncn1. The number of hydrogen-bond donors (Lipinski definition) is 0. The van der Waals surface area contributed by atoms with Crippen molar-refractivity contribution in [1.29, 1.82) is 0 Å². The van der Waals surface area contributed by atoms with Crippen LogP contribution in [0, 0.1) is 5.92 Å². The van der Waals surface area contributed by atoms with Crippen LogP contribution in [0.4, 0.5) is 5.82 Å². The molecule has 0 aromatic carbocycles. The average Bonchev–Trinajstić information content (AvgIpc) is 2.61. The predicted molar refractivity (Wildman–Crippen MR) is 81.0 cm³/mol. The quantitative estimate of drug-likeness (QED) is 0.830. The van der Waals surface area contributed by atoms with E-state index in [9.17, 15) is 0 Å². The van der Waals surface area contributed by atoms with Crippen LogP contribution in [0.25, 0.3) is 0 Å². The molecule has 1 saturated heterocycles. The lowest BCUT2D eigenvalue weighted by Crippen LogP contribution is -2.36. The van der Waals surface area contributed by atoms with Gasteiger partial charge in [0.05, 0.1) is 19.9 Å². The van der Waals surface area contributed by atoms with Crippen molar-refractivity contribution in [2.24, 2.45) is 5.92 Å². The van der Waals surface area contributed by atoms with E-state index in [1.165, 1.54) is 6.33 Å². The fourth-order valence-electron chi connectivity index (χ4n) is 2.51. The lowest BCUT2D eigenvalue weighted by Gasteiger charge is -2.32. The molecule has 0 saturated carbocycles. The molecule has 0 bridgehead atoms. The summed E-state index contributed by atoms with van der Waals surface area (Å²) in [5, 5.41) is 0. The van der Waals surface area contributed by atoms with Gasteiger partial charge in [-0.05, 0) is 18.8 Å². The third-order valence-electron chi connectivity index (χ3n) is 3.78. The number of methoxy groups -OCH3 is 1. The van der Waals surface area contributed by atoms with Crippen molar-refractivity contribution < 1.29 is 9.47 Å². The van der Waals surface area contributed by atoms with Gasteiger partial charge in [-0.25, -0.2) is 15.0 Å². The minimum absolute atomic E-state index is 0.530. The van der Waals surface area contributed by atoms with Gasteiger partial charge in [0.15, 0.2) is 0 Å². The molecule has 0 spiro atoms. The van der Waals surface area contributed by atoms with Gasteiger partial charge >= 0.3 is 0 Å². The Bertz CT molecular complexity index is 587. The lowest BCUT2D eigenvalue weighted by atomic mass is 9.98. The minimum Gasteiger partial charge on any atom is -0.481 e. The summed E-state index contributed by atoms with van der Waals surface area (Å²) in [5.74, 6) is 2.63. The topological polar surface area (TPSA) is 73.3 Å². The highest BCUT2D eigenvalue weighted by atomic mass is 16.5. The van der Waals surface area contributed by atoms with Crippen LogP contribution in [0.1, 0.15) is 12.8 Å². The Balaban J connectivity index is 1.49. The zero-order valence-corrected chi connectivity index (χ0v) is 12.6. The van der Waals surface area contributed by atoms with Gasteiger partial charge in [-0.1, -0.05) is 0 Å². The molecule has 1 aliphatic heterocycles. The molecule has 2 aromatic heterocycles. The summed E-state index contributed by atoms with van der Waals surface area (Å²) in [7, 11) is 1.61. The first-order chi connectivity index (χ1) is 10.8. The Hall–Kier alpha value is -2.44. The number of piperidine rings is 1. The van der Waals surface area contributed by atoms with Crippen LogP contribution in [0.3, 0.4) is 0 Å². The third-order valence-corrected chi connectivity index (χ3v) is 3.78. The van der Waals surface area contributed by atoms with Gasteiger partial charge in [0, 0.05) is 31.5 Å². The molecule has 0 atom stereocenters. The highest BCUT2D eigenvalue weighted by Crippen LogP contribution is 2.23. The van der Waals surface area contributed by atoms with E-state index in [2.05, 4.69) is 24.8 Å². The Morgan fingerprint density at radius 1 is 1.14 bits per heavy atom. The first-order valence-electron chi connectivity index (χ1n) is 7.35. The zero-order valence-electron chi connectivity index (χ0n) is 12.6.